The molecule has 0 unspecified atom stereocenters. The van der Waals surface area contributed by atoms with Gasteiger partial charge in [-0.2, -0.15) is 4.31 Å². The molecule has 0 aromatic carbocycles. The monoisotopic (exact) mass is 305 g/mol. The maximum absolute atomic E-state index is 12.3. The highest BCUT2D eigenvalue weighted by molar-refractivity contribution is 7.91. The molecule has 2 rings (SSSR count). The van der Waals surface area contributed by atoms with Crippen molar-refractivity contribution in [2.45, 2.75) is 24.0 Å². The Balaban J connectivity index is 2.39. The first-order chi connectivity index (χ1) is 8.96. The Labute approximate surface area is 115 Å². The summed E-state index contributed by atoms with van der Waals surface area (Å²) in [5.41, 5.74) is -0.176. The molecule has 0 aliphatic carbocycles. The van der Waals surface area contributed by atoms with Crippen molar-refractivity contribution in [2.24, 2.45) is 0 Å². The van der Waals surface area contributed by atoms with E-state index >= 15 is 0 Å². The quantitative estimate of drug-likeness (QED) is 0.662. The summed E-state index contributed by atoms with van der Waals surface area (Å²) in [4.78, 5) is 10.4. The second-order valence-electron chi connectivity index (χ2n) is 4.18. The van der Waals surface area contributed by atoms with Gasteiger partial charge in [0, 0.05) is 25.7 Å². The molecular weight excluding hydrogens is 290 g/mol. The van der Waals surface area contributed by atoms with E-state index in [-0.39, 0.29) is 9.90 Å². The Morgan fingerprint density at radius 2 is 2.11 bits per heavy atom. The van der Waals surface area contributed by atoms with Gasteiger partial charge in [-0.3, -0.25) is 10.1 Å². The highest BCUT2D eigenvalue weighted by atomic mass is 32.2. The second-order valence-corrected chi connectivity index (χ2v) is 7.40. The fourth-order valence-corrected chi connectivity index (χ4v) is 5.03. The Morgan fingerprint density at radius 1 is 1.47 bits per heavy atom. The van der Waals surface area contributed by atoms with Crippen LogP contribution >= 0.6 is 11.3 Å². The van der Waals surface area contributed by atoms with E-state index in [0.29, 0.717) is 24.6 Å². The minimum atomic E-state index is -3.58. The van der Waals surface area contributed by atoms with Crippen LogP contribution in [0.2, 0.25) is 0 Å². The van der Waals surface area contributed by atoms with Crippen LogP contribution in [0.4, 0.5) is 10.7 Å². The average molecular weight is 305 g/mol. The first-order valence-corrected chi connectivity index (χ1v) is 8.24. The van der Waals surface area contributed by atoms with E-state index < -0.39 is 14.9 Å². The molecule has 0 amide bonds. The number of anilines is 1. The highest BCUT2D eigenvalue weighted by Crippen LogP contribution is 2.38. The predicted molar refractivity (Wildman–Crippen MR) is 73.1 cm³/mol. The molecule has 0 atom stereocenters. The summed E-state index contributed by atoms with van der Waals surface area (Å²) >= 11 is 0.924. The zero-order valence-corrected chi connectivity index (χ0v) is 12.1. The number of hydrogen-bond acceptors (Lipinski definition) is 6. The van der Waals surface area contributed by atoms with Gasteiger partial charge in [-0.1, -0.05) is 11.3 Å². The molecule has 9 heteroatoms. The second kappa shape index (κ2) is 5.43. The summed E-state index contributed by atoms with van der Waals surface area (Å²) in [6.07, 6.45) is 1.68. The van der Waals surface area contributed by atoms with Gasteiger partial charge in [-0.05, 0) is 19.8 Å². The van der Waals surface area contributed by atoms with E-state index in [1.165, 1.54) is 4.31 Å². The number of nitro groups is 1. The third-order valence-electron chi connectivity index (χ3n) is 2.88. The topological polar surface area (TPSA) is 92.6 Å². The summed E-state index contributed by atoms with van der Waals surface area (Å²) in [7, 11) is -3.58. The van der Waals surface area contributed by atoms with E-state index in [4.69, 9.17) is 0 Å². The lowest BCUT2D eigenvalue weighted by Crippen LogP contribution is -2.27. The fourth-order valence-electron chi connectivity index (χ4n) is 1.97. The minimum absolute atomic E-state index is 0.0389. The van der Waals surface area contributed by atoms with Crippen LogP contribution in [0, 0.1) is 10.1 Å². The average Bonchev–Trinajstić information content (AvgIpc) is 2.98. The Bertz CT molecular complexity index is 576. The summed E-state index contributed by atoms with van der Waals surface area (Å²) in [5.74, 6) is 0. The van der Waals surface area contributed by atoms with Crippen molar-refractivity contribution in [3.63, 3.8) is 0 Å². The summed E-state index contributed by atoms with van der Waals surface area (Å²) in [6.45, 7) is 3.29. The third kappa shape index (κ3) is 2.72. The van der Waals surface area contributed by atoms with Crippen LogP contribution in [0.1, 0.15) is 19.8 Å². The lowest BCUT2D eigenvalue weighted by atomic mass is 10.4. The number of hydrogen-bond donors (Lipinski definition) is 1. The van der Waals surface area contributed by atoms with E-state index in [1.807, 2.05) is 0 Å². The highest BCUT2D eigenvalue weighted by Gasteiger charge is 2.32. The van der Waals surface area contributed by atoms with Gasteiger partial charge in [-0.25, -0.2) is 8.42 Å². The van der Waals surface area contributed by atoms with Gasteiger partial charge in [0.1, 0.15) is 4.21 Å². The van der Waals surface area contributed by atoms with E-state index in [2.05, 4.69) is 5.32 Å². The SMILES string of the molecule is CCNc1sc(S(=O)(=O)N2CCCC2)cc1[N+](=O)[O-]. The van der Waals surface area contributed by atoms with Crippen molar-refractivity contribution >= 4 is 32.0 Å². The molecule has 1 fully saturated rings. The van der Waals surface area contributed by atoms with Crippen LogP contribution < -0.4 is 5.32 Å². The smallest absolute Gasteiger partial charge is 0.304 e. The Morgan fingerprint density at radius 3 is 2.63 bits per heavy atom. The zero-order chi connectivity index (χ0) is 14.0. The van der Waals surface area contributed by atoms with Crippen LogP contribution in [0.3, 0.4) is 0 Å². The summed E-state index contributed by atoms with van der Waals surface area (Å²) in [5, 5.41) is 14.1. The largest absolute Gasteiger partial charge is 0.372 e. The van der Waals surface area contributed by atoms with Crippen molar-refractivity contribution in [3.05, 3.63) is 16.2 Å². The molecule has 1 aromatic heterocycles. The van der Waals surface area contributed by atoms with E-state index in [9.17, 15) is 18.5 Å². The van der Waals surface area contributed by atoms with Gasteiger partial charge in [-0.15, -0.1) is 0 Å². The van der Waals surface area contributed by atoms with E-state index in [0.717, 1.165) is 30.2 Å². The van der Waals surface area contributed by atoms with Crippen LogP contribution in [-0.2, 0) is 10.0 Å². The van der Waals surface area contributed by atoms with Crippen LogP contribution in [0.25, 0.3) is 0 Å². The van der Waals surface area contributed by atoms with Gasteiger partial charge < -0.3 is 5.32 Å². The molecule has 0 spiro atoms. The number of nitrogens with zero attached hydrogens (tertiary/aromatic N) is 2. The van der Waals surface area contributed by atoms with Gasteiger partial charge in [0.05, 0.1) is 4.92 Å². The van der Waals surface area contributed by atoms with Gasteiger partial charge in [0.2, 0.25) is 0 Å². The molecule has 1 aliphatic heterocycles. The number of sulfonamides is 1. The third-order valence-corrected chi connectivity index (χ3v) is 6.31. The van der Waals surface area contributed by atoms with Crippen LogP contribution in [0.5, 0.6) is 0 Å². The van der Waals surface area contributed by atoms with Crippen molar-refractivity contribution in [3.8, 4) is 0 Å². The van der Waals surface area contributed by atoms with Crippen molar-refractivity contribution in [2.75, 3.05) is 25.0 Å². The molecule has 19 heavy (non-hydrogen) atoms. The lowest BCUT2D eigenvalue weighted by Gasteiger charge is -2.13. The minimum Gasteiger partial charge on any atom is -0.372 e. The number of thiophene rings is 1. The molecule has 0 radical (unpaired) electrons. The molecule has 1 aliphatic rings. The zero-order valence-electron chi connectivity index (χ0n) is 10.5. The normalized spacial score (nSPS) is 16.7. The standard InChI is InChI=1S/C10H15N3O4S2/c1-2-11-10-8(13(14)15)7-9(18-10)19(16,17)12-5-3-4-6-12/h7,11H,2-6H2,1H3. The molecule has 106 valence electrons. The van der Waals surface area contributed by atoms with Gasteiger partial charge >= 0.3 is 5.69 Å². The number of rotatable bonds is 5. The Hall–Kier alpha value is -1.19. The maximum Gasteiger partial charge on any atom is 0.304 e. The number of nitrogens with one attached hydrogen (secondary N) is 1. The molecular formula is C10H15N3O4S2. The molecule has 1 aromatic rings. The fraction of sp³-hybridized carbons (Fsp3) is 0.600. The lowest BCUT2D eigenvalue weighted by molar-refractivity contribution is -0.383. The predicted octanol–water partition coefficient (Wildman–Crippen LogP) is 1.87. The van der Waals surface area contributed by atoms with Crippen LogP contribution in [0.15, 0.2) is 10.3 Å². The summed E-state index contributed by atoms with van der Waals surface area (Å²) < 4.78 is 26.1. The van der Waals surface area contributed by atoms with Crippen molar-refractivity contribution < 1.29 is 13.3 Å². The Kier molecular flexibility index (Phi) is 4.07. The first kappa shape index (κ1) is 14.2. The first-order valence-electron chi connectivity index (χ1n) is 5.99. The van der Waals surface area contributed by atoms with Crippen molar-refractivity contribution in [1.82, 2.24) is 4.31 Å². The molecule has 1 N–H and O–H groups in total. The van der Waals surface area contributed by atoms with Gasteiger partial charge in [0.25, 0.3) is 10.0 Å². The van der Waals surface area contributed by atoms with E-state index in [1.54, 1.807) is 6.92 Å². The summed E-state index contributed by atoms with van der Waals surface area (Å²) in [6, 6.07) is 1.15. The molecule has 7 nitrogen and oxygen atoms in total. The maximum atomic E-state index is 12.3. The molecule has 1 saturated heterocycles. The van der Waals surface area contributed by atoms with Crippen LogP contribution in [-0.4, -0.2) is 37.3 Å². The van der Waals surface area contributed by atoms with Gasteiger partial charge in [0.15, 0.2) is 5.00 Å². The molecule has 2 heterocycles. The molecule has 0 saturated carbocycles. The molecule has 0 bridgehead atoms. The van der Waals surface area contributed by atoms with Crippen molar-refractivity contribution in [1.29, 1.82) is 0 Å².